The fourth-order valence-electron chi connectivity index (χ4n) is 1.67. The molecule has 0 radical (unpaired) electrons. The van der Waals surface area contributed by atoms with E-state index in [0.29, 0.717) is 12.8 Å². The average Bonchev–Trinajstić information content (AvgIpc) is 2.19. The first-order valence-corrected chi connectivity index (χ1v) is 6.69. The number of nitrogens with one attached hydrogen (secondary N) is 1. The third-order valence-corrected chi connectivity index (χ3v) is 2.58. The summed E-state index contributed by atoms with van der Waals surface area (Å²) in [6.07, 6.45) is 0.599. The number of carbonyl (C=O) groups is 2. The normalized spacial score (nSPS) is 13.0. The van der Waals surface area contributed by atoms with Gasteiger partial charge >= 0.3 is 6.09 Å². The second kappa shape index (κ2) is 7.31. The maximum Gasteiger partial charge on any atom is 0.408 e. The van der Waals surface area contributed by atoms with E-state index in [4.69, 9.17) is 4.74 Å². The van der Waals surface area contributed by atoms with Crippen LogP contribution >= 0.6 is 0 Å². The summed E-state index contributed by atoms with van der Waals surface area (Å²) < 4.78 is 5.24. The molecule has 0 saturated carbocycles. The maximum atomic E-state index is 11.8. The first-order valence-electron chi connectivity index (χ1n) is 6.69. The zero-order valence-electron chi connectivity index (χ0n) is 13.0. The minimum atomic E-state index is -0.521. The van der Waals surface area contributed by atoms with Crippen molar-refractivity contribution in [3.63, 3.8) is 0 Å². The molecule has 0 saturated heterocycles. The summed E-state index contributed by atoms with van der Waals surface area (Å²) in [7, 11) is 0. The summed E-state index contributed by atoms with van der Waals surface area (Å²) >= 11 is 0. The van der Waals surface area contributed by atoms with Gasteiger partial charge < -0.3 is 14.8 Å². The first-order chi connectivity index (χ1) is 8.53. The zero-order valence-corrected chi connectivity index (χ0v) is 13.0. The summed E-state index contributed by atoms with van der Waals surface area (Å²) in [5, 5.41) is 2.82. The third kappa shape index (κ3) is 8.41. The molecule has 0 aromatic heterocycles. The number of hydrogen-bond acceptors (Lipinski definition) is 3. The highest BCUT2D eigenvalue weighted by molar-refractivity contribution is 5.75. The quantitative estimate of drug-likeness (QED) is 0.751. The molecule has 0 aliphatic carbocycles. The molecule has 1 N–H and O–H groups in total. The van der Waals surface area contributed by atoms with E-state index >= 15 is 0 Å². The van der Waals surface area contributed by atoms with Gasteiger partial charge in [-0.1, -0.05) is 26.0 Å². The molecule has 0 heterocycles. The molecular weight excluding hydrogens is 242 g/mol. The van der Waals surface area contributed by atoms with Gasteiger partial charge in [0.1, 0.15) is 11.4 Å². The second-order valence-electron chi connectivity index (χ2n) is 6.23. The Morgan fingerprint density at radius 2 is 1.74 bits per heavy atom. The first kappa shape index (κ1) is 17.7. The van der Waals surface area contributed by atoms with Crippen LogP contribution in [0.1, 0.15) is 54.4 Å². The fraction of sp³-hybridized carbons (Fsp3) is 0.733. The second-order valence-corrected chi connectivity index (χ2v) is 6.23. The Kier molecular flexibility index (Phi) is 6.81. The summed E-state index contributed by atoms with van der Waals surface area (Å²) in [4.78, 5) is 22.8. The lowest BCUT2D eigenvalue weighted by atomic mass is 9.93. The Morgan fingerprint density at radius 1 is 1.21 bits per heavy atom. The monoisotopic (exact) mass is 269 g/mol. The number of ether oxygens (including phenoxy) is 1. The molecule has 1 atom stereocenters. The van der Waals surface area contributed by atoms with Crippen LogP contribution in [0.3, 0.4) is 0 Å². The van der Waals surface area contributed by atoms with Crippen LogP contribution in [0.4, 0.5) is 4.79 Å². The van der Waals surface area contributed by atoms with Gasteiger partial charge in [-0.25, -0.2) is 4.79 Å². The van der Waals surface area contributed by atoms with Crippen LogP contribution < -0.4 is 5.32 Å². The minimum Gasteiger partial charge on any atom is -0.444 e. The van der Waals surface area contributed by atoms with Gasteiger partial charge in [0, 0.05) is 6.42 Å². The lowest BCUT2D eigenvalue weighted by Crippen LogP contribution is -2.42. The van der Waals surface area contributed by atoms with Crippen molar-refractivity contribution in [2.45, 2.75) is 66.0 Å². The van der Waals surface area contributed by atoms with Crippen molar-refractivity contribution in [2.24, 2.45) is 5.92 Å². The molecule has 0 aliphatic rings. The zero-order chi connectivity index (χ0) is 15.2. The number of carbonyl (C=O) groups excluding carboxylic acids is 2. The van der Waals surface area contributed by atoms with Crippen molar-refractivity contribution in [3.05, 3.63) is 12.2 Å². The molecule has 0 aliphatic heterocycles. The van der Waals surface area contributed by atoms with Gasteiger partial charge in [-0.2, -0.15) is 0 Å². The number of rotatable bonds is 6. The van der Waals surface area contributed by atoms with Gasteiger partial charge in [0.2, 0.25) is 0 Å². The summed E-state index contributed by atoms with van der Waals surface area (Å²) in [6.45, 7) is 15.0. The molecule has 0 bridgehead atoms. The SMILES string of the molecule is C=C(CCC(C)=O)C(NC(=O)OC(C)(C)C)C(C)C. The van der Waals surface area contributed by atoms with Crippen LogP contribution in [0.5, 0.6) is 0 Å². The Bertz CT molecular complexity index is 340. The molecule has 1 amide bonds. The van der Waals surface area contributed by atoms with Gasteiger partial charge in [-0.05, 0) is 40.0 Å². The maximum absolute atomic E-state index is 11.8. The van der Waals surface area contributed by atoms with E-state index in [1.165, 1.54) is 0 Å². The van der Waals surface area contributed by atoms with E-state index in [1.807, 2.05) is 34.6 Å². The van der Waals surface area contributed by atoms with Crippen LogP contribution in [0.25, 0.3) is 0 Å². The van der Waals surface area contributed by atoms with Gasteiger partial charge in [0.15, 0.2) is 0 Å². The molecule has 4 nitrogen and oxygen atoms in total. The van der Waals surface area contributed by atoms with Crippen LogP contribution in [-0.4, -0.2) is 23.5 Å². The molecule has 0 aromatic carbocycles. The van der Waals surface area contributed by atoms with Crippen LogP contribution in [0, 0.1) is 5.92 Å². The number of alkyl carbamates (subject to hydrolysis) is 1. The number of hydrogen-bond donors (Lipinski definition) is 1. The average molecular weight is 269 g/mol. The summed E-state index contributed by atoms with van der Waals surface area (Å²) in [5.41, 5.74) is 0.336. The van der Waals surface area contributed by atoms with Crippen LogP contribution in [-0.2, 0) is 9.53 Å². The molecular formula is C15H27NO3. The van der Waals surface area contributed by atoms with Crippen molar-refractivity contribution in [1.29, 1.82) is 0 Å². The standard InChI is InChI=1S/C15H27NO3/c1-10(2)13(11(3)8-9-12(4)17)16-14(18)19-15(5,6)7/h10,13H,3,8-9H2,1-2,4-7H3,(H,16,18). The highest BCUT2D eigenvalue weighted by atomic mass is 16.6. The van der Waals surface area contributed by atoms with Crippen molar-refractivity contribution in [2.75, 3.05) is 0 Å². The van der Waals surface area contributed by atoms with E-state index in [0.717, 1.165) is 5.57 Å². The molecule has 0 rings (SSSR count). The van der Waals surface area contributed by atoms with E-state index in [2.05, 4.69) is 11.9 Å². The Balaban J connectivity index is 4.53. The van der Waals surface area contributed by atoms with Crippen molar-refractivity contribution in [3.8, 4) is 0 Å². The minimum absolute atomic E-state index is 0.126. The molecule has 4 heteroatoms. The van der Waals surface area contributed by atoms with E-state index in [-0.39, 0.29) is 17.7 Å². The van der Waals surface area contributed by atoms with Gasteiger partial charge in [0.05, 0.1) is 6.04 Å². The predicted molar refractivity (Wildman–Crippen MR) is 77.1 cm³/mol. The summed E-state index contributed by atoms with van der Waals surface area (Å²) in [5.74, 6) is 0.327. The molecule has 19 heavy (non-hydrogen) atoms. The molecule has 0 spiro atoms. The van der Waals surface area contributed by atoms with E-state index in [1.54, 1.807) is 6.92 Å². The topological polar surface area (TPSA) is 55.4 Å². The van der Waals surface area contributed by atoms with Gasteiger partial charge in [-0.15, -0.1) is 0 Å². The largest absolute Gasteiger partial charge is 0.444 e. The molecule has 1 unspecified atom stereocenters. The lowest BCUT2D eigenvalue weighted by molar-refractivity contribution is -0.117. The van der Waals surface area contributed by atoms with Crippen molar-refractivity contribution < 1.29 is 14.3 Å². The van der Waals surface area contributed by atoms with Crippen LogP contribution in [0.2, 0.25) is 0 Å². The third-order valence-electron chi connectivity index (χ3n) is 2.58. The Hall–Kier alpha value is -1.32. The molecule has 0 fully saturated rings. The van der Waals surface area contributed by atoms with E-state index < -0.39 is 11.7 Å². The highest BCUT2D eigenvalue weighted by Gasteiger charge is 2.23. The van der Waals surface area contributed by atoms with Crippen molar-refractivity contribution >= 4 is 11.9 Å². The predicted octanol–water partition coefficient (Wildman–Crippen LogP) is 3.46. The molecule has 110 valence electrons. The van der Waals surface area contributed by atoms with Gasteiger partial charge in [0.25, 0.3) is 0 Å². The number of amides is 1. The Morgan fingerprint density at radius 3 is 2.11 bits per heavy atom. The summed E-state index contributed by atoms with van der Waals surface area (Å²) in [6, 6.07) is -0.172. The van der Waals surface area contributed by atoms with Gasteiger partial charge in [-0.3, -0.25) is 0 Å². The Labute approximate surface area is 116 Å². The lowest BCUT2D eigenvalue weighted by Gasteiger charge is -2.27. The smallest absolute Gasteiger partial charge is 0.408 e. The van der Waals surface area contributed by atoms with Crippen LogP contribution in [0.15, 0.2) is 12.2 Å². The highest BCUT2D eigenvalue weighted by Crippen LogP contribution is 2.17. The van der Waals surface area contributed by atoms with Crippen molar-refractivity contribution in [1.82, 2.24) is 5.32 Å². The number of ketones is 1. The fourth-order valence-corrected chi connectivity index (χ4v) is 1.67. The number of Topliss-reactive ketones (excluding diaryl/α,β-unsaturated/α-hetero) is 1. The van der Waals surface area contributed by atoms with E-state index in [9.17, 15) is 9.59 Å². The molecule has 0 aromatic rings.